The molecule has 0 saturated carbocycles. The molecule has 0 spiro atoms. The minimum atomic E-state index is -4.69. The number of benzene rings is 1. The van der Waals surface area contributed by atoms with Crippen LogP contribution >= 0.6 is 0 Å². The standard InChI is InChI=1S/C13H7F3N4O2/c14-13(15,16)12-18-11(19-22-12)8-3-5-9(6-4-8)20-10(21)2-1-7-17-20/h1-7H. The van der Waals surface area contributed by atoms with Crippen LogP contribution in [-0.4, -0.2) is 19.9 Å². The Bertz CT molecular complexity index is 852. The number of halogens is 3. The number of hydrogen-bond donors (Lipinski definition) is 0. The Morgan fingerprint density at radius 3 is 2.41 bits per heavy atom. The van der Waals surface area contributed by atoms with Gasteiger partial charge >= 0.3 is 12.1 Å². The van der Waals surface area contributed by atoms with Crippen molar-refractivity contribution < 1.29 is 17.7 Å². The van der Waals surface area contributed by atoms with E-state index in [-0.39, 0.29) is 11.4 Å². The number of aromatic nitrogens is 4. The third kappa shape index (κ3) is 2.60. The second-order valence-corrected chi connectivity index (χ2v) is 4.24. The van der Waals surface area contributed by atoms with E-state index in [0.717, 1.165) is 4.68 Å². The maximum absolute atomic E-state index is 12.4. The highest BCUT2D eigenvalue weighted by molar-refractivity contribution is 5.56. The summed E-state index contributed by atoms with van der Waals surface area (Å²) in [6.45, 7) is 0. The summed E-state index contributed by atoms with van der Waals surface area (Å²) in [6, 6.07) is 8.84. The Labute approximate surface area is 120 Å². The largest absolute Gasteiger partial charge is 0.471 e. The fourth-order valence-corrected chi connectivity index (χ4v) is 1.76. The lowest BCUT2D eigenvalue weighted by Crippen LogP contribution is -2.18. The first-order valence-electron chi connectivity index (χ1n) is 6.01. The molecule has 0 unspecified atom stereocenters. The fraction of sp³-hybridized carbons (Fsp3) is 0.0769. The monoisotopic (exact) mass is 308 g/mol. The lowest BCUT2D eigenvalue weighted by Gasteiger charge is -2.03. The molecular weight excluding hydrogens is 301 g/mol. The lowest BCUT2D eigenvalue weighted by atomic mass is 10.2. The second-order valence-electron chi connectivity index (χ2n) is 4.24. The van der Waals surface area contributed by atoms with Crippen molar-refractivity contribution >= 4 is 0 Å². The Morgan fingerprint density at radius 2 is 1.82 bits per heavy atom. The van der Waals surface area contributed by atoms with Crippen LogP contribution < -0.4 is 5.56 Å². The normalized spacial score (nSPS) is 11.6. The van der Waals surface area contributed by atoms with Crippen molar-refractivity contribution in [2.45, 2.75) is 6.18 Å². The number of rotatable bonds is 2. The van der Waals surface area contributed by atoms with Crippen LogP contribution in [0.3, 0.4) is 0 Å². The summed E-state index contributed by atoms with van der Waals surface area (Å²) in [7, 11) is 0. The molecule has 2 heterocycles. The van der Waals surface area contributed by atoms with Crippen LogP contribution in [0.2, 0.25) is 0 Å². The minimum Gasteiger partial charge on any atom is -0.329 e. The number of alkyl halides is 3. The van der Waals surface area contributed by atoms with Gasteiger partial charge in [-0.3, -0.25) is 4.79 Å². The van der Waals surface area contributed by atoms with E-state index in [2.05, 4.69) is 19.8 Å². The molecule has 0 radical (unpaired) electrons. The van der Waals surface area contributed by atoms with E-state index in [1.165, 1.54) is 42.6 Å². The lowest BCUT2D eigenvalue weighted by molar-refractivity contribution is -0.159. The molecule has 0 atom stereocenters. The molecule has 2 aromatic heterocycles. The van der Waals surface area contributed by atoms with Crippen molar-refractivity contribution in [3.8, 4) is 17.1 Å². The summed E-state index contributed by atoms with van der Waals surface area (Å²) in [5, 5.41) is 7.18. The van der Waals surface area contributed by atoms with Crippen molar-refractivity contribution in [3.63, 3.8) is 0 Å². The first-order chi connectivity index (χ1) is 10.4. The summed E-state index contributed by atoms with van der Waals surface area (Å²) in [6.07, 6.45) is -3.24. The molecule has 0 saturated heterocycles. The van der Waals surface area contributed by atoms with Gasteiger partial charge in [-0.1, -0.05) is 5.16 Å². The van der Waals surface area contributed by atoms with Crippen molar-refractivity contribution in [1.82, 2.24) is 19.9 Å². The van der Waals surface area contributed by atoms with Crippen LogP contribution in [0.5, 0.6) is 0 Å². The van der Waals surface area contributed by atoms with Crippen LogP contribution in [0.4, 0.5) is 13.2 Å². The SMILES string of the molecule is O=c1cccnn1-c1ccc(-c2noc(C(F)(F)F)n2)cc1. The summed E-state index contributed by atoms with van der Waals surface area (Å²) in [5.41, 5.74) is 0.468. The Morgan fingerprint density at radius 1 is 1.09 bits per heavy atom. The molecule has 22 heavy (non-hydrogen) atoms. The van der Waals surface area contributed by atoms with Crippen LogP contribution in [-0.2, 0) is 6.18 Å². The highest BCUT2D eigenvalue weighted by Crippen LogP contribution is 2.29. The van der Waals surface area contributed by atoms with Gasteiger partial charge in [-0.2, -0.15) is 27.9 Å². The van der Waals surface area contributed by atoms with E-state index in [1.807, 2.05) is 0 Å². The van der Waals surface area contributed by atoms with Gasteiger partial charge in [0.1, 0.15) is 0 Å². The summed E-state index contributed by atoms with van der Waals surface area (Å²) in [5.74, 6) is -1.60. The van der Waals surface area contributed by atoms with Crippen LogP contribution in [0, 0.1) is 0 Å². The van der Waals surface area contributed by atoms with Gasteiger partial charge in [-0.25, -0.2) is 0 Å². The van der Waals surface area contributed by atoms with E-state index in [1.54, 1.807) is 0 Å². The average Bonchev–Trinajstić information content (AvgIpc) is 2.98. The summed E-state index contributed by atoms with van der Waals surface area (Å²) >= 11 is 0. The van der Waals surface area contributed by atoms with Gasteiger partial charge in [0.2, 0.25) is 5.82 Å². The molecule has 6 nitrogen and oxygen atoms in total. The highest BCUT2D eigenvalue weighted by Gasteiger charge is 2.38. The van der Waals surface area contributed by atoms with Crippen LogP contribution in [0.1, 0.15) is 5.89 Å². The van der Waals surface area contributed by atoms with Gasteiger partial charge in [0.25, 0.3) is 5.56 Å². The van der Waals surface area contributed by atoms with Gasteiger partial charge in [0.05, 0.1) is 5.69 Å². The molecule has 0 aliphatic heterocycles. The van der Waals surface area contributed by atoms with E-state index < -0.39 is 12.1 Å². The van der Waals surface area contributed by atoms with Gasteiger partial charge in [-0.05, 0) is 30.3 Å². The van der Waals surface area contributed by atoms with Gasteiger partial charge in [0.15, 0.2) is 0 Å². The van der Waals surface area contributed by atoms with Crippen molar-refractivity contribution in [2.24, 2.45) is 0 Å². The predicted molar refractivity (Wildman–Crippen MR) is 68.1 cm³/mol. The molecular formula is C13H7F3N4O2. The van der Waals surface area contributed by atoms with Gasteiger partial charge < -0.3 is 4.52 Å². The number of nitrogens with zero attached hydrogens (tertiary/aromatic N) is 4. The van der Waals surface area contributed by atoms with Crippen molar-refractivity contribution in [2.75, 3.05) is 0 Å². The van der Waals surface area contributed by atoms with Crippen LogP contribution in [0.15, 0.2) is 51.9 Å². The van der Waals surface area contributed by atoms with E-state index >= 15 is 0 Å². The topological polar surface area (TPSA) is 73.8 Å². The summed E-state index contributed by atoms with van der Waals surface area (Å²) < 4.78 is 42.5. The maximum Gasteiger partial charge on any atom is 0.471 e. The van der Waals surface area contributed by atoms with Gasteiger partial charge in [0, 0.05) is 17.8 Å². The first-order valence-corrected chi connectivity index (χ1v) is 6.01. The minimum absolute atomic E-state index is 0.188. The zero-order valence-corrected chi connectivity index (χ0v) is 10.8. The molecule has 3 aromatic rings. The van der Waals surface area contributed by atoms with Crippen molar-refractivity contribution in [3.05, 3.63) is 58.8 Å². The molecule has 1 aromatic carbocycles. The Kier molecular flexibility index (Phi) is 3.24. The average molecular weight is 308 g/mol. The van der Waals surface area contributed by atoms with Crippen LogP contribution in [0.25, 0.3) is 17.1 Å². The smallest absolute Gasteiger partial charge is 0.329 e. The molecule has 0 bridgehead atoms. The molecule has 0 fully saturated rings. The zero-order valence-electron chi connectivity index (χ0n) is 10.8. The van der Waals surface area contributed by atoms with Crippen molar-refractivity contribution in [1.29, 1.82) is 0 Å². The predicted octanol–water partition coefficient (Wildman–Crippen LogP) is 2.30. The summed E-state index contributed by atoms with van der Waals surface area (Å²) in [4.78, 5) is 14.9. The highest BCUT2D eigenvalue weighted by atomic mass is 19.4. The Hall–Kier alpha value is -2.97. The Balaban J connectivity index is 1.94. The van der Waals surface area contributed by atoms with E-state index in [9.17, 15) is 18.0 Å². The molecule has 0 aliphatic carbocycles. The van der Waals surface area contributed by atoms with E-state index in [4.69, 9.17) is 0 Å². The quantitative estimate of drug-likeness (QED) is 0.726. The molecule has 112 valence electrons. The molecule has 0 amide bonds. The first kappa shape index (κ1) is 14.0. The molecule has 0 aliphatic rings. The second kappa shape index (κ2) is 5.10. The molecule has 9 heteroatoms. The maximum atomic E-state index is 12.4. The third-order valence-electron chi connectivity index (χ3n) is 2.75. The molecule has 0 N–H and O–H groups in total. The van der Waals surface area contributed by atoms with Gasteiger partial charge in [-0.15, -0.1) is 0 Å². The number of hydrogen-bond acceptors (Lipinski definition) is 5. The molecule has 3 rings (SSSR count). The fourth-order valence-electron chi connectivity index (χ4n) is 1.76. The third-order valence-corrected chi connectivity index (χ3v) is 2.75. The van der Waals surface area contributed by atoms with E-state index in [0.29, 0.717) is 11.3 Å². The zero-order chi connectivity index (χ0) is 15.7.